The number of nitrogens with one attached hydrogen (secondary N) is 2. The molecule has 0 aliphatic carbocycles. The maximum atomic E-state index is 12.2. The number of carbonyl (C=O) groups excluding carboxylic acids is 2. The largest absolute Gasteiger partial charge is 0.490 e. The van der Waals surface area contributed by atoms with E-state index in [-0.39, 0.29) is 12.3 Å². The van der Waals surface area contributed by atoms with Crippen LogP contribution >= 0.6 is 0 Å². The van der Waals surface area contributed by atoms with Gasteiger partial charge in [0.2, 0.25) is 5.91 Å². The standard InChI is InChI=1S/C19H22N2O4/c1-3-24-16-11-10-15(13-17(16)25-4-2)19(23)21-20-18(22)12-14-8-6-5-7-9-14/h5-11,13H,3-4,12H2,1-2H3,(H,20,22)(H,21,23). The lowest BCUT2D eigenvalue weighted by atomic mass is 10.1. The number of rotatable bonds is 7. The molecule has 2 amide bonds. The summed E-state index contributed by atoms with van der Waals surface area (Å²) in [5.74, 6) is 0.350. The molecule has 2 N–H and O–H groups in total. The fourth-order valence-electron chi connectivity index (χ4n) is 2.22. The highest BCUT2D eigenvalue weighted by Gasteiger charge is 2.12. The van der Waals surface area contributed by atoms with Crippen molar-refractivity contribution in [2.75, 3.05) is 13.2 Å². The molecular formula is C19H22N2O4. The third-order valence-corrected chi connectivity index (χ3v) is 3.33. The molecule has 0 fully saturated rings. The first-order valence-corrected chi connectivity index (χ1v) is 8.16. The lowest BCUT2D eigenvalue weighted by molar-refractivity contribution is -0.121. The predicted octanol–water partition coefficient (Wildman–Crippen LogP) is 2.49. The van der Waals surface area contributed by atoms with Gasteiger partial charge in [-0.1, -0.05) is 30.3 Å². The van der Waals surface area contributed by atoms with Crippen molar-refractivity contribution in [3.63, 3.8) is 0 Å². The van der Waals surface area contributed by atoms with Gasteiger partial charge in [0.05, 0.1) is 19.6 Å². The molecule has 25 heavy (non-hydrogen) atoms. The molecule has 6 nitrogen and oxygen atoms in total. The maximum absolute atomic E-state index is 12.2. The van der Waals surface area contributed by atoms with Gasteiger partial charge in [0.1, 0.15) is 0 Å². The average molecular weight is 342 g/mol. The molecule has 0 radical (unpaired) electrons. The summed E-state index contributed by atoms with van der Waals surface area (Å²) in [7, 11) is 0. The first-order chi connectivity index (χ1) is 12.1. The van der Waals surface area contributed by atoms with E-state index in [9.17, 15) is 9.59 Å². The molecule has 0 saturated carbocycles. The number of hydrogen-bond acceptors (Lipinski definition) is 4. The van der Waals surface area contributed by atoms with Crippen molar-refractivity contribution in [2.45, 2.75) is 20.3 Å². The van der Waals surface area contributed by atoms with Gasteiger partial charge >= 0.3 is 0 Å². The first kappa shape index (κ1) is 18.3. The fourth-order valence-corrected chi connectivity index (χ4v) is 2.22. The summed E-state index contributed by atoms with van der Waals surface area (Å²) in [5, 5.41) is 0. The molecule has 2 aromatic carbocycles. The molecule has 0 unspecified atom stereocenters. The lowest BCUT2D eigenvalue weighted by Gasteiger charge is -2.13. The fraction of sp³-hybridized carbons (Fsp3) is 0.263. The number of amides is 2. The van der Waals surface area contributed by atoms with E-state index in [0.29, 0.717) is 30.3 Å². The molecule has 0 aliphatic heterocycles. The highest BCUT2D eigenvalue weighted by atomic mass is 16.5. The van der Waals surface area contributed by atoms with Gasteiger partial charge in [-0.25, -0.2) is 0 Å². The summed E-state index contributed by atoms with van der Waals surface area (Å²) in [6.45, 7) is 4.69. The van der Waals surface area contributed by atoms with Crippen LogP contribution < -0.4 is 20.3 Å². The summed E-state index contributed by atoms with van der Waals surface area (Å²) >= 11 is 0. The maximum Gasteiger partial charge on any atom is 0.269 e. The molecule has 132 valence electrons. The number of ether oxygens (including phenoxy) is 2. The zero-order valence-corrected chi connectivity index (χ0v) is 14.4. The Labute approximate surface area is 147 Å². The Morgan fingerprint density at radius 1 is 0.880 bits per heavy atom. The van der Waals surface area contributed by atoms with E-state index >= 15 is 0 Å². The molecular weight excluding hydrogens is 320 g/mol. The summed E-state index contributed by atoms with van der Waals surface area (Å²) < 4.78 is 11.0. The number of carbonyl (C=O) groups is 2. The van der Waals surface area contributed by atoms with Crippen molar-refractivity contribution in [3.8, 4) is 11.5 Å². The van der Waals surface area contributed by atoms with E-state index in [4.69, 9.17) is 9.47 Å². The van der Waals surface area contributed by atoms with Crippen molar-refractivity contribution < 1.29 is 19.1 Å². The van der Waals surface area contributed by atoms with Gasteiger partial charge in [-0.15, -0.1) is 0 Å². The van der Waals surface area contributed by atoms with E-state index < -0.39 is 5.91 Å². The Morgan fingerprint density at radius 3 is 2.24 bits per heavy atom. The Kier molecular flexibility index (Phi) is 6.83. The lowest BCUT2D eigenvalue weighted by Crippen LogP contribution is -2.42. The minimum absolute atomic E-state index is 0.189. The van der Waals surface area contributed by atoms with Crippen molar-refractivity contribution in [1.82, 2.24) is 10.9 Å². The van der Waals surface area contributed by atoms with Gasteiger partial charge in [-0.05, 0) is 37.6 Å². The van der Waals surface area contributed by atoms with Crippen LogP contribution in [0.25, 0.3) is 0 Å². The molecule has 0 heterocycles. The Bertz CT molecular complexity index is 717. The van der Waals surface area contributed by atoms with Crippen molar-refractivity contribution in [3.05, 3.63) is 59.7 Å². The molecule has 0 aromatic heterocycles. The number of hydrogen-bond donors (Lipinski definition) is 2. The summed E-state index contributed by atoms with van der Waals surface area (Å²) in [4.78, 5) is 24.1. The molecule has 2 aromatic rings. The van der Waals surface area contributed by atoms with Crippen LogP contribution in [0.2, 0.25) is 0 Å². The van der Waals surface area contributed by atoms with Crippen LogP contribution in [0.1, 0.15) is 29.8 Å². The molecule has 0 atom stereocenters. The normalized spacial score (nSPS) is 10.0. The van der Waals surface area contributed by atoms with Gasteiger partial charge in [0.25, 0.3) is 5.91 Å². The predicted molar refractivity (Wildman–Crippen MR) is 94.5 cm³/mol. The van der Waals surface area contributed by atoms with Gasteiger partial charge in [-0.3, -0.25) is 20.4 Å². The second-order valence-corrected chi connectivity index (χ2v) is 5.19. The monoisotopic (exact) mass is 342 g/mol. The van der Waals surface area contributed by atoms with Crippen LogP contribution in [0.5, 0.6) is 11.5 Å². The topological polar surface area (TPSA) is 76.7 Å². The second kappa shape index (κ2) is 9.32. The van der Waals surface area contributed by atoms with Crippen LogP contribution in [0.15, 0.2) is 48.5 Å². The highest BCUT2D eigenvalue weighted by molar-refractivity contribution is 5.96. The third-order valence-electron chi connectivity index (χ3n) is 3.33. The Hall–Kier alpha value is -3.02. The molecule has 0 aliphatic rings. The SMILES string of the molecule is CCOc1ccc(C(=O)NNC(=O)Cc2ccccc2)cc1OCC. The number of hydrazine groups is 1. The molecule has 0 bridgehead atoms. The highest BCUT2D eigenvalue weighted by Crippen LogP contribution is 2.28. The second-order valence-electron chi connectivity index (χ2n) is 5.19. The van der Waals surface area contributed by atoms with E-state index in [0.717, 1.165) is 5.56 Å². The Balaban J connectivity index is 1.95. The van der Waals surface area contributed by atoms with Gasteiger partial charge in [0.15, 0.2) is 11.5 Å². The smallest absolute Gasteiger partial charge is 0.269 e. The molecule has 6 heteroatoms. The zero-order chi connectivity index (χ0) is 18.1. The van der Waals surface area contributed by atoms with Gasteiger partial charge in [-0.2, -0.15) is 0 Å². The number of benzene rings is 2. The van der Waals surface area contributed by atoms with E-state index in [1.54, 1.807) is 18.2 Å². The first-order valence-electron chi connectivity index (χ1n) is 8.16. The van der Waals surface area contributed by atoms with Crippen LogP contribution in [0.4, 0.5) is 0 Å². The van der Waals surface area contributed by atoms with E-state index in [1.807, 2.05) is 44.2 Å². The van der Waals surface area contributed by atoms with Crippen LogP contribution in [-0.4, -0.2) is 25.0 Å². The minimum atomic E-state index is -0.426. The van der Waals surface area contributed by atoms with Crippen molar-refractivity contribution >= 4 is 11.8 Å². The van der Waals surface area contributed by atoms with Crippen LogP contribution in [0.3, 0.4) is 0 Å². The summed E-state index contributed by atoms with van der Waals surface area (Å²) in [6, 6.07) is 14.2. The molecule has 2 rings (SSSR count). The quantitative estimate of drug-likeness (QED) is 0.758. The third kappa shape index (κ3) is 5.53. The minimum Gasteiger partial charge on any atom is -0.490 e. The van der Waals surface area contributed by atoms with Gasteiger partial charge in [0, 0.05) is 5.56 Å². The van der Waals surface area contributed by atoms with Crippen molar-refractivity contribution in [1.29, 1.82) is 0 Å². The van der Waals surface area contributed by atoms with Crippen LogP contribution in [-0.2, 0) is 11.2 Å². The summed E-state index contributed by atoms with van der Waals surface area (Å²) in [5.41, 5.74) is 6.05. The van der Waals surface area contributed by atoms with Crippen LogP contribution in [0, 0.1) is 0 Å². The molecule has 0 spiro atoms. The van der Waals surface area contributed by atoms with Crippen molar-refractivity contribution in [2.24, 2.45) is 0 Å². The van der Waals surface area contributed by atoms with E-state index in [2.05, 4.69) is 10.9 Å². The summed E-state index contributed by atoms with van der Waals surface area (Å²) in [6.07, 6.45) is 0.189. The Morgan fingerprint density at radius 2 is 1.56 bits per heavy atom. The zero-order valence-electron chi connectivity index (χ0n) is 14.4. The molecule has 0 saturated heterocycles. The van der Waals surface area contributed by atoms with Gasteiger partial charge < -0.3 is 9.47 Å². The van der Waals surface area contributed by atoms with E-state index in [1.165, 1.54) is 0 Å². The average Bonchev–Trinajstić information content (AvgIpc) is 2.62.